The number of primary amides is 1. The van der Waals surface area contributed by atoms with E-state index in [1.54, 1.807) is 0 Å². The van der Waals surface area contributed by atoms with Gasteiger partial charge in [-0.25, -0.2) is 0 Å². The fraction of sp³-hybridized carbons (Fsp3) is 0.533. The predicted molar refractivity (Wildman–Crippen MR) is 73.7 cm³/mol. The lowest BCUT2D eigenvalue weighted by Crippen LogP contribution is -2.17. The van der Waals surface area contributed by atoms with E-state index in [1.165, 1.54) is 0 Å². The maximum atomic E-state index is 10.8. The first-order valence-electron chi connectivity index (χ1n) is 6.39. The van der Waals surface area contributed by atoms with Crippen molar-refractivity contribution in [2.24, 2.45) is 5.73 Å². The molecule has 1 amide bonds. The van der Waals surface area contributed by atoms with Crippen LogP contribution in [0, 0.1) is 6.92 Å². The topological polar surface area (TPSA) is 63.3 Å². The minimum absolute atomic E-state index is 0.0718. The standard InChI is InChI=1S/C15H23NO2/c1-5-15(3,4)12-9-11(6-7-13(16)17)8-10(2)14(12)18/h8-9,18H,5-7H2,1-4H3,(H2,16,17). The highest BCUT2D eigenvalue weighted by atomic mass is 16.3. The zero-order valence-electron chi connectivity index (χ0n) is 11.7. The quantitative estimate of drug-likeness (QED) is 0.842. The van der Waals surface area contributed by atoms with Gasteiger partial charge in [0.1, 0.15) is 5.75 Å². The van der Waals surface area contributed by atoms with Crippen LogP contribution < -0.4 is 5.73 Å². The molecule has 1 aromatic rings. The van der Waals surface area contributed by atoms with Crippen LogP contribution in [0.15, 0.2) is 12.1 Å². The van der Waals surface area contributed by atoms with Gasteiger partial charge in [-0.15, -0.1) is 0 Å². The first kappa shape index (κ1) is 14.6. The highest BCUT2D eigenvalue weighted by Gasteiger charge is 2.23. The van der Waals surface area contributed by atoms with Gasteiger partial charge in [-0.1, -0.05) is 32.9 Å². The highest BCUT2D eigenvalue weighted by molar-refractivity contribution is 5.74. The van der Waals surface area contributed by atoms with Crippen molar-refractivity contribution in [3.8, 4) is 5.75 Å². The zero-order chi connectivity index (χ0) is 13.9. The highest BCUT2D eigenvalue weighted by Crippen LogP contribution is 2.36. The molecule has 0 fully saturated rings. The number of hydrogen-bond acceptors (Lipinski definition) is 2. The molecule has 18 heavy (non-hydrogen) atoms. The van der Waals surface area contributed by atoms with E-state index in [9.17, 15) is 9.90 Å². The average Bonchev–Trinajstić information content (AvgIpc) is 2.30. The van der Waals surface area contributed by atoms with Crippen molar-refractivity contribution in [2.45, 2.75) is 52.4 Å². The molecule has 100 valence electrons. The van der Waals surface area contributed by atoms with Crippen molar-refractivity contribution in [1.29, 1.82) is 0 Å². The van der Waals surface area contributed by atoms with Crippen molar-refractivity contribution < 1.29 is 9.90 Å². The average molecular weight is 249 g/mol. The number of phenolic OH excluding ortho intramolecular Hbond substituents is 1. The SMILES string of the molecule is CCC(C)(C)c1cc(CCC(N)=O)cc(C)c1O. The molecule has 3 N–H and O–H groups in total. The number of carbonyl (C=O) groups excluding carboxylic acids is 1. The van der Waals surface area contributed by atoms with Gasteiger partial charge in [-0.05, 0) is 36.3 Å². The molecule has 3 heteroatoms. The Bertz CT molecular complexity index is 450. The molecule has 0 aliphatic carbocycles. The van der Waals surface area contributed by atoms with E-state index < -0.39 is 0 Å². The summed E-state index contributed by atoms with van der Waals surface area (Å²) in [6, 6.07) is 3.92. The zero-order valence-corrected chi connectivity index (χ0v) is 11.7. The monoisotopic (exact) mass is 249 g/mol. The molecule has 1 rings (SSSR count). The van der Waals surface area contributed by atoms with Gasteiger partial charge in [-0.2, -0.15) is 0 Å². The largest absolute Gasteiger partial charge is 0.507 e. The van der Waals surface area contributed by atoms with Crippen molar-refractivity contribution >= 4 is 5.91 Å². The molecule has 0 bridgehead atoms. The molecule has 0 heterocycles. The summed E-state index contributed by atoms with van der Waals surface area (Å²) in [7, 11) is 0. The van der Waals surface area contributed by atoms with Gasteiger partial charge in [0.2, 0.25) is 5.91 Å². The van der Waals surface area contributed by atoms with Crippen molar-refractivity contribution in [3.05, 3.63) is 28.8 Å². The van der Waals surface area contributed by atoms with Gasteiger partial charge < -0.3 is 10.8 Å². The van der Waals surface area contributed by atoms with Gasteiger partial charge in [-0.3, -0.25) is 4.79 Å². The molecular weight excluding hydrogens is 226 g/mol. The van der Waals surface area contributed by atoms with E-state index in [0.29, 0.717) is 18.6 Å². The number of nitrogens with two attached hydrogens (primary N) is 1. The number of aromatic hydroxyl groups is 1. The summed E-state index contributed by atoms with van der Waals surface area (Å²) in [6.45, 7) is 8.21. The van der Waals surface area contributed by atoms with Crippen molar-refractivity contribution in [1.82, 2.24) is 0 Å². The Balaban J connectivity index is 3.14. The molecule has 3 nitrogen and oxygen atoms in total. The minimum Gasteiger partial charge on any atom is -0.507 e. The fourth-order valence-electron chi connectivity index (χ4n) is 1.97. The van der Waals surface area contributed by atoms with Crippen LogP contribution in [-0.4, -0.2) is 11.0 Å². The molecule has 0 atom stereocenters. The molecule has 0 saturated heterocycles. The number of phenols is 1. The summed E-state index contributed by atoms with van der Waals surface area (Å²) < 4.78 is 0. The normalized spacial score (nSPS) is 11.6. The third-order valence-corrected chi connectivity index (χ3v) is 3.63. The van der Waals surface area contributed by atoms with E-state index in [4.69, 9.17) is 5.73 Å². The van der Waals surface area contributed by atoms with Crippen LogP contribution in [0.25, 0.3) is 0 Å². The van der Waals surface area contributed by atoms with Crippen LogP contribution in [0.2, 0.25) is 0 Å². The number of amides is 1. The lowest BCUT2D eigenvalue weighted by molar-refractivity contribution is -0.117. The van der Waals surface area contributed by atoms with Gasteiger partial charge in [0, 0.05) is 12.0 Å². The lowest BCUT2D eigenvalue weighted by Gasteiger charge is -2.26. The molecule has 0 aromatic heterocycles. The third-order valence-electron chi connectivity index (χ3n) is 3.63. The first-order valence-corrected chi connectivity index (χ1v) is 6.39. The number of aryl methyl sites for hydroxylation is 2. The van der Waals surface area contributed by atoms with Gasteiger partial charge >= 0.3 is 0 Å². The fourth-order valence-corrected chi connectivity index (χ4v) is 1.97. The molecule has 0 saturated carbocycles. The van der Waals surface area contributed by atoms with Gasteiger partial charge in [0.15, 0.2) is 0 Å². The maximum absolute atomic E-state index is 10.8. The summed E-state index contributed by atoms with van der Waals surface area (Å²) in [4.78, 5) is 10.8. The Morgan fingerprint density at radius 1 is 1.39 bits per heavy atom. The minimum atomic E-state index is -0.294. The van der Waals surface area contributed by atoms with Crippen LogP contribution in [-0.2, 0) is 16.6 Å². The van der Waals surface area contributed by atoms with E-state index >= 15 is 0 Å². The number of hydrogen-bond donors (Lipinski definition) is 2. The molecule has 0 aliphatic rings. The first-order chi connectivity index (χ1) is 8.27. The van der Waals surface area contributed by atoms with Crippen molar-refractivity contribution in [3.63, 3.8) is 0 Å². The summed E-state index contributed by atoms with van der Waals surface area (Å²) in [5.41, 5.74) is 7.96. The summed E-state index contributed by atoms with van der Waals surface area (Å²) >= 11 is 0. The summed E-state index contributed by atoms with van der Waals surface area (Å²) in [6.07, 6.45) is 1.92. The predicted octanol–water partition coefficient (Wildman–Crippen LogP) is 2.81. The molecular formula is C15H23NO2. The molecule has 0 unspecified atom stereocenters. The Morgan fingerprint density at radius 3 is 2.50 bits per heavy atom. The van der Waals surface area contributed by atoms with E-state index in [1.807, 2.05) is 19.1 Å². The van der Waals surface area contributed by atoms with Crippen LogP contribution >= 0.6 is 0 Å². The smallest absolute Gasteiger partial charge is 0.217 e. The van der Waals surface area contributed by atoms with E-state index in [0.717, 1.165) is 23.1 Å². The van der Waals surface area contributed by atoms with E-state index in [-0.39, 0.29) is 11.3 Å². The molecule has 0 radical (unpaired) electrons. The maximum Gasteiger partial charge on any atom is 0.217 e. The van der Waals surface area contributed by atoms with Crippen LogP contribution in [0.3, 0.4) is 0 Å². The van der Waals surface area contributed by atoms with Crippen LogP contribution in [0.4, 0.5) is 0 Å². The lowest BCUT2D eigenvalue weighted by atomic mass is 9.80. The van der Waals surface area contributed by atoms with Crippen molar-refractivity contribution in [2.75, 3.05) is 0 Å². The summed E-state index contributed by atoms with van der Waals surface area (Å²) in [5, 5.41) is 10.2. The number of rotatable bonds is 5. The van der Waals surface area contributed by atoms with Gasteiger partial charge in [0.25, 0.3) is 0 Å². The van der Waals surface area contributed by atoms with Crippen LogP contribution in [0.1, 0.15) is 50.3 Å². The second-order valence-corrected chi connectivity index (χ2v) is 5.51. The van der Waals surface area contributed by atoms with Crippen LogP contribution in [0.5, 0.6) is 5.75 Å². The Hall–Kier alpha value is -1.51. The number of carbonyl (C=O) groups is 1. The summed E-state index contributed by atoms with van der Waals surface area (Å²) in [5.74, 6) is 0.0710. The molecule has 1 aromatic carbocycles. The molecule has 0 spiro atoms. The Morgan fingerprint density at radius 2 is 2.00 bits per heavy atom. The van der Waals surface area contributed by atoms with Gasteiger partial charge in [0.05, 0.1) is 0 Å². The Labute approximate surface area is 109 Å². The second kappa shape index (κ2) is 5.42. The number of benzene rings is 1. The third kappa shape index (κ3) is 3.25. The molecule has 0 aliphatic heterocycles. The Kier molecular flexibility index (Phi) is 4.38. The van der Waals surface area contributed by atoms with E-state index in [2.05, 4.69) is 20.8 Å². The second-order valence-electron chi connectivity index (χ2n) is 5.51.